The first-order valence-corrected chi connectivity index (χ1v) is 4.05. The second-order valence-electron chi connectivity index (χ2n) is 3.75. The summed E-state index contributed by atoms with van der Waals surface area (Å²) in [6, 6.07) is 0. The highest BCUT2D eigenvalue weighted by molar-refractivity contribution is 4.87. The van der Waals surface area contributed by atoms with Gasteiger partial charge in [-0.25, -0.2) is 8.78 Å². The number of hydrogen-bond acceptors (Lipinski definition) is 1. The molecule has 1 nitrogen and oxygen atoms in total. The van der Waals surface area contributed by atoms with Crippen molar-refractivity contribution in [1.82, 2.24) is 4.90 Å². The van der Waals surface area contributed by atoms with Crippen molar-refractivity contribution in [2.45, 2.75) is 38.7 Å². The molecule has 0 N–H and O–H groups in total. The smallest absolute Gasteiger partial charge is 0.251 e. The fraction of sp³-hybridized carbons (Fsp3) is 1.00. The van der Waals surface area contributed by atoms with Gasteiger partial charge in [-0.2, -0.15) is 0 Å². The van der Waals surface area contributed by atoms with Crippen LogP contribution in [0.5, 0.6) is 0 Å². The minimum atomic E-state index is -2.19. The molecule has 0 amide bonds. The van der Waals surface area contributed by atoms with E-state index in [1.165, 1.54) is 0 Å². The number of alkyl halides is 2. The zero-order chi connectivity index (χ0) is 8.48. The van der Waals surface area contributed by atoms with Crippen molar-refractivity contribution in [3.8, 4) is 0 Å². The van der Waals surface area contributed by atoms with Crippen LogP contribution in [0.15, 0.2) is 0 Å². The molecule has 0 radical (unpaired) electrons. The van der Waals surface area contributed by atoms with Crippen LogP contribution in [-0.2, 0) is 0 Å². The predicted octanol–water partition coefficient (Wildman–Crippen LogP) is 2.13. The highest BCUT2D eigenvalue weighted by Gasteiger charge is 2.32. The van der Waals surface area contributed by atoms with E-state index in [1.54, 1.807) is 0 Å². The number of likely N-dealkylation sites (tertiary alicyclic amines) is 1. The van der Waals surface area contributed by atoms with Crippen LogP contribution in [0.4, 0.5) is 8.78 Å². The molecule has 1 aliphatic heterocycles. The Morgan fingerprint density at radius 1 is 1.45 bits per heavy atom. The maximum atomic E-state index is 12.0. The Kier molecular flexibility index (Phi) is 2.47. The van der Waals surface area contributed by atoms with Crippen molar-refractivity contribution in [2.75, 3.05) is 13.1 Å². The molecule has 0 saturated carbocycles. The molecule has 11 heavy (non-hydrogen) atoms. The zero-order valence-electron chi connectivity index (χ0n) is 7.11. The maximum absolute atomic E-state index is 12.0. The molecule has 1 rings (SSSR count). The van der Waals surface area contributed by atoms with Gasteiger partial charge >= 0.3 is 0 Å². The third-order valence-electron chi connectivity index (χ3n) is 2.43. The minimum Gasteiger partial charge on any atom is -0.293 e. The lowest BCUT2D eigenvalue weighted by Crippen LogP contribution is -2.40. The summed E-state index contributed by atoms with van der Waals surface area (Å²) in [4.78, 5) is 1.87. The van der Waals surface area contributed by atoms with Gasteiger partial charge in [-0.05, 0) is 33.2 Å². The summed E-state index contributed by atoms with van der Waals surface area (Å²) in [5, 5.41) is 0. The third kappa shape index (κ3) is 2.12. The lowest BCUT2D eigenvalue weighted by Gasteiger charge is -2.30. The van der Waals surface area contributed by atoms with E-state index in [0.717, 1.165) is 19.4 Å². The van der Waals surface area contributed by atoms with Crippen molar-refractivity contribution in [3.05, 3.63) is 0 Å². The van der Waals surface area contributed by atoms with Crippen LogP contribution >= 0.6 is 0 Å². The van der Waals surface area contributed by atoms with Crippen LogP contribution in [0, 0.1) is 0 Å². The van der Waals surface area contributed by atoms with Crippen molar-refractivity contribution >= 4 is 0 Å². The second-order valence-corrected chi connectivity index (χ2v) is 3.75. The molecule has 1 heterocycles. The van der Waals surface area contributed by atoms with Gasteiger partial charge in [-0.1, -0.05) is 0 Å². The molecule has 0 aromatic carbocycles. The Bertz CT molecular complexity index is 134. The highest BCUT2D eigenvalue weighted by Crippen LogP contribution is 2.28. The molecule has 0 spiro atoms. The van der Waals surface area contributed by atoms with Gasteiger partial charge in [-0.3, -0.25) is 4.90 Å². The van der Waals surface area contributed by atoms with Crippen LogP contribution < -0.4 is 0 Å². The highest BCUT2D eigenvalue weighted by atomic mass is 19.3. The molecule has 0 aliphatic carbocycles. The number of hydrogen-bond donors (Lipinski definition) is 0. The molecule has 1 saturated heterocycles. The lowest BCUT2D eigenvalue weighted by molar-refractivity contribution is 0.0582. The predicted molar refractivity (Wildman–Crippen MR) is 40.9 cm³/mol. The second kappa shape index (κ2) is 3.05. The minimum absolute atomic E-state index is 0.00354. The molecule has 1 aliphatic rings. The van der Waals surface area contributed by atoms with Gasteiger partial charge in [0.2, 0.25) is 0 Å². The summed E-state index contributed by atoms with van der Waals surface area (Å²) in [7, 11) is 0. The largest absolute Gasteiger partial charge is 0.293 e. The van der Waals surface area contributed by atoms with E-state index in [0.29, 0.717) is 0 Å². The van der Waals surface area contributed by atoms with E-state index in [1.807, 2.05) is 18.7 Å². The summed E-state index contributed by atoms with van der Waals surface area (Å²) in [6.45, 7) is 4.83. The standard InChI is InChI=1S/C8H15F2N/c1-8(2)4-3-5-11(8)6-7(9)10/h7H,3-6H2,1-2H3. The van der Waals surface area contributed by atoms with Crippen LogP contribution in [0.25, 0.3) is 0 Å². The fourth-order valence-electron chi connectivity index (χ4n) is 1.67. The van der Waals surface area contributed by atoms with E-state index >= 15 is 0 Å². The number of rotatable bonds is 2. The van der Waals surface area contributed by atoms with E-state index < -0.39 is 6.43 Å². The summed E-state index contributed by atoms with van der Waals surface area (Å²) >= 11 is 0. The van der Waals surface area contributed by atoms with E-state index in [-0.39, 0.29) is 12.1 Å². The Morgan fingerprint density at radius 3 is 2.45 bits per heavy atom. The molecular weight excluding hydrogens is 148 g/mol. The first-order chi connectivity index (χ1) is 5.02. The monoisotopic (exact) mass is 163 g/mol. The van der Waals surface area contributed by atoms with Crippen LogP contribution in [0.3, 0.4) is 0 Å². The van der Waals surface area contributed by atoms with Gasteiger partial charge in [0.25, 0.3) is 6.43 Å². The molecule has 66 valence electrons. The van der Waals surface area contributed by atoms with Crippen molar-refractivity contribution in [1.29, 1.82) is 0 Å². The first kappa shape index (κ1) is 8.91. The van der Waals surface area contributed by atoms with Gasteiger partial charge in [-0.15, -0.1) is 0 Å². The Morgan fingerprint density at radius 2 is 2.09 bits per heavy atom. The van der Waals surface area contributed by atoms with Crippen molar-refractivity contribution in [2.24, 2.45) is 0 Å². The Hall–Kier alpha value is -0.180. The normalized spacial score (nSPS) is 24.8. The van der Waals surface area contributed by atoms with Gasteiger partial charge in [0, 0.05) is 5.54 Å². The molecule has 0 aromatic rings. The van der Waals surface area contributed by atoms with Crippen LogP contribution in [-0.4, -0.2) is 30.0 Å². The summed E-state index contributed by atoms with van der Waals surface area (Å²) in [6.07, 6.45) is -0.0909. The average molecular weight is 163 g/mol. The van der Waals surface area contributed by atoms with Gasteiger partial charge in [0.05, 0.1) is 6.54 Å². The van der Waals surface area contributed by atoms with Crippen molar-refractivity contribution < 1.29 is 8.78 Å². The van der Waals surface area contributed by atoms with E-state index in [4.69, 9.17) is 0 Å². The maximum Gasteiger partial charge on any atom is 0.251 e. The summed E-state index contributed by atoms with van der Waals surface area (Å²) in [5.41, 5.74) is -0.00354. The topological polar surface area (TPSA) is 3.24 Å². The first-order valence-electron chi connectivity index (χ1n) is 4.05. The molecule has 0 unspecified atom stereocenters. The van der Waals surface area contributed by atoms with Crippen molar-refractivity contribution in [3.63, 3.8) is 0 Å². The lowest BCUT2D eigenvalue weighted by atomic mass is 10.0. The number of halogens is 2. The van der Waals surface area contributed by atoms with Crippen LogP contribution in [0.1, 0.15) is 26.7 Å². The number of nitrogens with zero attached hydrogens (tertiary/aromatic N) is 1. The molecule has 0 atom stereocenters. The van der Waals surface area contributed by atoms with Crippen LogP contribution in [0.2, 0.25) is 0 Å². The van der Waals surface area contributed by atoms with E-state index in [9.17, 15) is 8.78 Å². The van der Waals surface area contributed by atoms with Gasteiger partial charge in [0.1, 0.15) is 0 Å². The Labute approximate surface area is 66.4 Å². The van der Waals surface area contributed by atoms with E-state index in [2.05, 4.69) is 0 Å². The average Bonchev–Trinajstić information content (AvgIpc) is 2.10. The van der Waals surface area contributed by atoms with Gasteiger partial charge in [0.15, 0.2) is 0 Å². The zero-order valence-corrected chi connectivity index (χ0v) is 7.11. The molecule has 1 fully saturated rings. The summed E-state index contributed by atoms with van der Waals surface area (Å²) < 4.78 is 24.0. The fourth-order valence-corrected chi connectivity index (χ4v) is 1.67. The Balaban J connectivity index is 2.45. The molecular formula is C8H15F2N. The molecule has 3 heteroatoms. The SMILES string of the molecule is CC1(C)CCCN1CC(F)F. The molecule has 0 bridgehead atoms. The molecule has 0 aromatic heterocycles. The van der Waals surface area contributed by atoms with Gasteiger partial charge < -0.3 is 0 Å². The third-order valence-corrected chi connectivity index (χ3v) is 2.43. The summed E-state index contributed by atoms with van der Waals surface area (Å²) in [5.74, 6) is 0. The quantitative estimate of drug-likeness (QED) is 0.602.